The Morgan fingerprint density at radius 2 is 1.77 bits per heavy atom. The predicted molar refractivity (Wildman–Crippen MR) is 118 cm³/mol. The Balaban J connectivity index is 1.42. The van der Waals surface area contributed by atoms with Crippen molar-refractivity contribution in [2.24, 2.45) is 0 Å². The van der Waals surface area contributed by atoms with Gasteiger partial charge in [-0.25, -0.2) is 0 Å². The first kappa shape index (κ1) is 19.2. The van der Waals surface area contributed by atoms with Gasteiger partial charge in [0.05, 0.1) is 17.0 Å². The third-order valence-electron chi connectivity index (χ3n) is 6.26. The Kier molecular flexibility index (Phi) is 4.44. The van der Waals surface area contributed by atoms with Crippen LogP contribution in [-0.2, 0) is 10.2 Å². The molecule has 154 valence electrons. The summed E-state index contributed by atoms with van der Waals surface area (Å²) >= 11 is 0. The van der Waals surface area contributed by atoms with Crippen molar-refractivity contribution < 1.29 is 14.3 Å². The SMILES string of the molecule is Cc1cc(-c2cc(NC(=O)C3(c4ccc5c(c4)OCO5)CC3)ccc2C)ccc1C#N. The number of anilines is 1. The van der Waals surface area contributed by atoms with Crippen LogP contribution < -0.4 is 14.8 Å². The normalized spacial score (nSPS) is 15.3. The zero-order valence-corrected chi connectivity index (χ0v) is 17.5. The van der Waals surface area contributed by atoms with Crippen molar-refractivity contribution >= 4 is 11.6 Å². The minimum atomic E-state index is -0.517. The van der Waals surface area contributed by atoms with Crippen molar-refractivity contribution in [3.05, 3.63) is 76.9 Å². The van der Waals surface area contributed by atoms with E-state index in [9.17, 15) is 10.1 Å². The van der Waals surface area contributed by atoms with Crippen LogP contribution in [0.4, 0.5) is 5.69 Å². The van der Waals surface area contributed by atoms with Crippen LogP contribution >= 0.6 is 0 Å². The Labute approximate surface area is 181 Å². The van der Waals surface area contributed by atoms with E-state index in [0.29, 0.717) is 11.3 Å². The number of nitrogens with one attached hydrogen (secondary N) is 1. The van der Waals surface area contributed by atoms with Crippen LogP contribution in [0.5, 0.6) is 11.5 Å². The molecule has 1 fully saturated rings. The second kappa shape index (κ2) is 7.17. The van der Waals surface area contributed by atoms with Gasteiger partial charge in [-0.3, -0.25) is 4.79 Å². The molecule has 0 aromatic heterocycles. The molecule has 0 saturated heterocycles. The fourth-order valence-corrected chi connectivity index (χ4v) is 4.18. The van der Waals surface area contributed by atoms with Crippen LogP contribution in [0.3, 0.4) is 0 Å². The van der Waals surface area contributed by atoms with E-state index >= 15 is 0 Å². The number of benzene rings is 3. The number of amides is 1. The summed E-state index contributed by atoms with van der Waals surface area (Å²) in [6.07, 6.45) is 1.62. The van der Waals surface area contributed by atoms with Gasteiger partial charge in [0.25, 0.3) is 0 Å². The number of hydrogen-bond acceptors (Lipinski definition) is 4. The summed E-state index contributed by atoms with van der Waals surface area (Å²) in [5, 5.41) is 12.3. The number of carbonyl (C=O) groups is 1. The van der Waals surface area contributed by atoms with Crippen LogP contribution in [0.2, 0.25) is 0 Å². The van der Waals surface area contributed by atoms with Gasteiger partial charge in [0.2, 0.25) is 12.7 Å². The quantitative estimate of drug-likeness (QED) is 0.638. The summed E-state index contributed by atoms with van der Waals surface area (Å²) in [5.41, 5.74) is 6.00. The van der Waals surface area contributed by atoms with Gasteiger partial charge >= 0.3 is 0 Å². The lowest BCUT2D eigenvalue weighted by Crippen LogP contribution is -2.27. The maximum atomic E-state index is 13.2. The van der Waals surface area contributed by atoms with Gasteiger partial charge < -0.3 is 14.8 Å². The number of nitriles is 1. The summed E-state index contributed by atoms with van der Waals surface area (Å²) in [6, 6.07) is 19.7. The lowest BCUT2D eigenvalue weighted by atomic mass is 9.93. The van der Waals surface area contributed by atoms with Gasteiger partial charge in [-0.05, 0) is 84.8 Å². The molecular weight excluding hydrogens is 388 g/mol. The topological polar surface area (TPSA) is 71.3 Å². The van der Waals surface area contributed by atoms with Crippen molar-refractivity contribution in [3.8, 4) is 28.7 Å². The highest BCUT2D eigenvalue weighted by molar-refractivity contribution is 6.02. The van der Waals surface area contributed by atoms with E-state index in [2.05, 4.69) is 11.4 Å². The minimum absolute atomic E-state index is 0.00261. The zero-order chi connectivity index (χ0) is 21.6. The number of aryl methyl sites for hydroxylation is 2. The minimum Gasteiger partial charge on any atom is -0.454 e. The Bertz CT molecular complexity index is 1250. The van der Waals surface area contributed by atoms with Crippen LogP contribution in [0.1, 0.15) is 35.1 Å². The van der Waals surface area contributed by atoms with Gasteiger partial charge in [-0.2, -0.15) is 5.26 Å². The zero-order valence-electron chi connectivity index (χ0n) is 17.5. The molecule has 1 aliphatic carbocycles. The molecule has 1 saturated carbocycles. The first-order valence-corrected chi connectivity index (χ1v) is 10.3. The summed E-state index contributed by atoms with van der Waals surface area (Å²) in [6.45, 7) is 4.20. The lowest BCUT2D eigenvalue weighted by Gasteiger charge is -2.17. The standard InChI is InChI=1S/C26H22N2O3/c1-16-3-7-21(13-22(16)18-4-5-19(14-27)17(2)11-18)28-25(29)26(9-10-26)20-6-8-23-24(12-20)31-15-30-23/h3-8,11-13H,9-10,15H2,1-2H3,(H,28,29). The van der Waals surface area contributed by atoms with E-state index in [1.165, 1.54) is 0 Å². The third-order valence-corrected chi connectivity index (χ3v) is 6.26. The highest BCUT2D eigenvalue weighted by Crippen LogP contribution is 2.51. The summed E-state index contributed by atoms with van der Waals surface area (Å²) in [4.78, 5) is 13.2. The molecule has 0 radical (unpaired) electrons. The molecule has 5 rings (SSSR count). The van der Waals surface area contributed by atoms with E-state index < -0.39 is 5.41 Å². The molecule has 1 heterocycles. The third kappa shape index (κ3) is 3.30. The molecule has 3 aromatic carbocycles. The number of ether oxygens (including phenoxy) is 2. The Hall–Kier alpha value is -3.78. The molecular formula is C26H22N2O3. The van der Waals surface area contributed by atoms with Gasteiger partial charge in [0.1, 0.15) is 0 Å². The highest BCUT2D eigenvalue weighted by Gasteiger charge is 2.51. The molecule has 1 aliphatic heterocycles. The van der Waals surface area contributed by atoms with Crippen molar-refractivity contribution in [2.45, 2.75) is 32.1 Å². The maximum Gasteiger partial charge on any atom is 0.235 e. The molecule has 1 amide bonds. The summed E-state index contributed by atoms with van der Waals surface area (Å²) in [7, 11) is 0. The van der Waals surface area contributed by atoms with Gasteiger partial charge in [-0.15, -0.1) is 0 Å². The molecule has 1 N–H and O–H groups in total. The Morgan fingerprint density at radius 1 is 0.968 bits per heavy atom. The molecule has 0 spiro atoms. The highest BCUT2D eigenvalue weighted by atomic mass is 16.7. The van der Waals surface area contributed by atoms with Crippen molar-refractivity contribution in [1.82, 2.24) is 0 Å². The molecule has 3 aromatic rings. The van der Waals surface area contributed by atoms with Crippen LogP contribution in [0.15, 0.2) is 54.6 Å². The van der Waals surface area contributed by atoms with Crippen LogP contribution in [0.25, 0.3) is 11.1 Å². The van der Waals surface area contributed by atoms with Gasteiger partial charge in [-0.1, -0.05) is 24.3 Å². The van der Waals surface area contributed by atoms with Crippen molar-refractivity contribution in [2.75, 3.05) is 12.1 Å². The predicted octanol–water partition coefficient (Wildman–Crippen LogP) is 5.24. The smallest absolute Gasteiger partial charge is 0.235 e. The summed E-state index contributed by atoms with van der Waals surface area (Å²) < 4.78 is 10.9. The molecule has 0 bridgehead atoms. The van der Waals surface area contributed by atoms with E-state index in [-0.39, 0.29) is 12.7 Å². The van der Waals surface area contributed by atoms with E-state index in [1.54, 1.807) is 0 Å². The second-order valence-corrected chi connectivity index (χ2v) is 8.28. The van der Waals surface area contributed by atoms with Crippen LogP contribution in [-0.4, -0.2) is 12.7 Å². The number of hydrogen-bond donors (Lipinski definition) is 1. The number of rotatable bonds is 4. The molecule has 2 aliphatic rings. The largest absolute Gasteiger partial charge is 0.454 e. The lowest BCUT2D eigenvalue weighted by molar-refractivity contribution is -0.118. The number of carbonyl (C=O) groups excluding carboxylic acids is 1. The monoisotopic (exact) mass is 410 g/mol. The van der Waals surface area contributed by atoms with Gasteiger partial charge in [0.15, 0.2) is 11.5 Å². The van der Waals surface area contributed by atoms with E-state index in [4.69, 9.17) is 9.47 Å². The number of nitrogens with zero attached hydrogens (tertiary/aromatic N) is 1. The average Bonchev–Trinajstić information content (AvgIpc) is 3.46. The summed E-state index contributed by atoms with van der Waals surface area (Å²) in [5.74, 6) is 1.42. The van der Waals surface area contributed by atoms with E-state index in [0.717, 1.165) is 52.1 Å². The first-order chi connectivity index (χ1) is 15.0. The fraction of sp³-hybridized carbons (Fsp3) is 0.231. The molecule has 5 nitrogen and oxygen atoms in total. The maximum absolute atomic E-state index is 13.2. The first-order valence-electron chi connectivity index (χ1n) is 10.3. The average molecular weight is 410 g/mol. The second-order valence-electron chi connectivity index (χ2n) is 8.28. The molecule has 31 heavy (non-hydrogen) atoms. The molecule has 0 unspecified atom stereocenters. The molecule has 0 atom stereocenters. The van der Waals surface area contributed by atoms with Gasteiger partial charge in [0, 0.05) is 5.69 Å². The van der Waals surface area contributed by atoms with Crippen molar-refractivity contribution in [1.29, 1.82) is 5.26 Å². The molecule has 5 heteroatoms. The van der Waals surface area contributed by atoms with Crippen molar-refractivity contribution in [3.63, 3.8) is 0 Å². The number of fused-ring (bicyclic) bond motifs is 1. The van der Waals surface area contributed by atoms with Crippen LogP contribution in [0, 0.1) is 25.2 Å². The fourth-order valence-electron chi connectivity index (χ4n) is 4.18. The van der Waals surface area contributed by atoms with E-state index in [1.807, 2.05) is 68.4 Å². The Morgan fingerprint density at radius 3 is 2.52 bits per heavy atom.